The molecular weight excluding hydrogens is 314 g/mol. The van der Waals surface area contributed by atoms with E-state index in [1.807, 2.05) is 6.08 Å². The van der Waals surface area contributed by atoms with E-state index < -0.39 is 16.9 Å². The zero-order chi connectivity index (χ0) is 17.8. The van der Waals surface area contributed by atoms with Crippen LogP contribution in [-0.4, -0.2) is 5.67 Å². The largest absolute Gasteiger partial charge is 0.231 e. The standard InChI is InChI=1S/C23H36F2/c1-2-8-19-10-12-20(13-11-19)14-18-22(15-5-3-6-16-22)23(25)17-7-4-9-21(23)24/h7,9,17,19-20H,2-6,8,10-16,18H2,1H3. The zero-order valence-corrected chi connectivity index (χ0v) is 16.0. The van der Waals surface area contributed by atoms with Crippen LogP contribution in [0, 0.1) is 17.3 Å². The van der Waals surface area contributed by atoms with E-state index in [-0.39, 0.29) is 0 Å². The molecule has 0 saturated heterocycles. The summed E-state index contributed by atoms with van der Waals surface area (Å²) in [5.74, 6) is 1.14. The Morgan fingerprint density at radius 3 is 2.24 bits per heavy atom. The van der Waals surface area contributed by atoms with Crippen LogP contribution in [-0.2, 0) is 0 Å². The molecule has 0 aromatic rings. The molecule has 2 fully saturated rings. The SMILES string of the molecule is CCCC1CCC(CCC2(C3(F)C=CCC=C3F)CCCCC2)CC1. The first-order chi connectivity index (χ1) is 12.1. The predicted molar refractivity (Wildman–Crippen MR) is 102 cm³/mol. The van der Waals surface area contributed by atoms with E-state index >= 15 is 4.39 Å². The zero-order valence-electron chi connectivity index (χ0n) is 16.0. The summed E-state index contributed by atoms with van der Waals surface area (Å²) in [7, 11) is 0. The van der Waals surface area contributed by atoms with Gasteiger partial charge in [-0.05, 0) is 56.1 Å². The van der Waals surface area contributed by atoms with Crippen LogP contribution in [0.3, 0.4) is 0 Å². The van der Waals surface area contributed by atoms with Gasteiger partial charge in [-0.2, -0.15) is 0 Å². The van der Waals surface area contributed by atoms with Crippen LogP contribution in [0.15, 0.2) is 24.1 Å². The molecule has 142 valence electrons. The Bertz CT molecular complexity index is 478. The summed E-state index contributed by atoms with van der Waals surface area (Å²) in [6, 6.07) is 0. The highest BCUT2D eigenvalue weighted by Gasteiger charge is 2.54. The second-order valence-electron chi connectivity index (χ2n) is 8.96. The van der Waals surface area contributed by atoms with Crippen LogP contribution in [0.25, 0.3) is 0 Å². The van der Waals surface area contributed by atoms with Crippen molar-refractivity contribution in [3.8, 4) is 0 Å². The molecule has 0 nitrogen and oxygen atoms in total. The molecule has 3 rings (SSSR count). The highest BCUT2D eigenvalue weighted by molar-refractivity contribution is 5.30. The average molecular weight is 351 g/mol. The van der Waals surface area contributed by atoms with E-state index in [1.165, 1.54) is 51.0 Å². The third kappa shape index (κ3) is 4.03. The number of hydrogen-bond acceptors (Lipinski definition) is 0. The molecule has 0 aromatic heterocycles. The van der Waals surface area contributed by atoms with E-state index in [1.54, 1.807) is 6.08 Å². The van der Waals surface area contributed by atoms with Gasteiger partial charge in [0.25, 0.3) is 0 Å². The molecule has 2 saturated carbocycles. The van der Waals surface area contributed by atoms with Crippen molar-refractivity contribution in [2.24, 2.45) is 17.3 Å². The van der Waals surface area contributed by atoms with E-state index in [4.69, 9.17) is 0 Å². The van der Waals surface area contributed by atoms with Crippen molar-refractivity contribution in [3.05, 3.63) is 24.1 Å². The molecule has 0 heterocycles. The molecule has 0 amide bonds. The highest BCUT2D eigenvalue weighted by atomic mass is 19.2. The van der Waals surface area contributed by atoms with Gasteiger partial charge in [0.15, 0.2) is 5.67 Å². The average Bonchev–Trinajstić information content (AvgIpc) is 2.65. The Hall–Kier alpha value is -0.660. The summed E-state index contributed by atoms with van der Waals surface area (Å²) in [6.45, 7) is 2.28. The summed E-state index contributed by atoms with van der Waals surface area (Å²) < 4.78 is 30.5. The number of rotatable bonds is 6. The Morgan fingerprint density at radius 1 is 1.00 bits per heavy atom. The van der Waals surface area contributed by atoms with Crippen molar-refractivity contribution in [1.82, 2.24) is 0 Å². The molecule has 0 bridgehead atoms. The molecule has 3 aliphatic carbocycles. The van der Waals surface area contributed by atoms with Gasteiger partial charge < -0.3 is 0 Å². The van der Waals surface area contributed by atoms with Gasteiger partial charge in [0, 0.05) is 5.41 Å². The minimum Gasteiger partial charge on any atom is -0.231 e. The Morgan fingerprint density at radius 2 is 1.64 bits per heavy atom. The summed E-state index contributed by atoms with van der Waals surface area (Å²) in [5.41, 5.74) is -2.34. The topological polar surface area (TPSA) is 0 Å². The maximum absolute atomic E-state index is 15.9. The van der Waals surface area contributed by atoms with Crippen molar-refractivity contribution >= 4 is 0 Å². The van der Waals surface area contributed by atoms with E-state index in [9.17, 15) is 4.39 Å². The maximum Gasteiger partial charge on any atom is 0.185 e. The minimum atomic E-state index is -1.84. The van der Waals surface area contributed by atoms with E-state index in [2.05, 4.69) is 6.92 Å². The first-order valence-corrected chi connectivity index (χ1v) is 10.8. The summed E-state index contributed by atoms with van der Waals surface area (Å²) in [6.07, 6.45) is 20.3. The number of allylic oxidation sites excluding steroid dienone is 4. The van der Waals surface area contributed by atoms with Crippen molar-refractivity contribution in [1.29, 1.82) is 0 Å². The molecule has 3 aliphatic rings. The minimum absolute atomic E-state index is 0.497. The molecule has 0 N–H and O–H groups in total. The summed E-state index contributed by atoms with van der Waals surface area (Å²) in [4.78, 5) is 0. The van der Waals surface area contributed by atoms with Crippen molar-refractivity contribution in [3.63, 3.8) is 0 Å². The Kier molecular flexibility index (Phi) is 6.39. The highest BCUT2D eigenvalue weighted by Crippen LogP contribution is 2.56. The second kappa shape index (κ2) is 8.35. The predicted octanol–water partition coefficient (Wildman–Crippen LogP) is 7.85. The lowest BCUT2D eigenvalue weighted by molar-refractivity contribution is -0.00465. The molecular formula is C23H36F2. The first-order valence-electron chi connectivity index (χ1n) is 10.8. The fourth-order valence-electron chi connectivity index (χ4n) is 5.78. The van der Waals surface area contributed by atoms with E-state index in [0.29, 0.717) is 6.42 Å². The van der Waals surface area contributed by atoms with Crippen LogP contribution in [0.1, 0.15) is 96.8 Å². The Balaban J connectivity index is 1.65. The van der Waals surface area contributed by atoms with E-state index in [0.717, 1.165) is 50.4 Å². The third-order valence-electron chi connectivity index (χ3n) is 7.41. The van der Waals surface area contributed by atoms with Crippen molar-refractivity contribution < 1.29 is 8.78 Å². The van der Waals surface area contributed by atoms with Crippen LogP contribution < -0.4 is 0 Å². The number of halogens is 2. The molecule has 1 unspecified atom stereocenters. The lowest BCUT2D eigenvalue weighted by atomic mass is 9.59. The molecule has 2 heteroatoms. The molecule has 25 heavy (non-hydrogen) atoms. The monoisotopic (exact) mass is 350 g/mol. The molecule has 1 atom stereocenters. The summed E-state index contributed by atoms with van der Waals surface area (Å²) in [5, 5.41) is 0. The normalized spacial score (nSPS) is 35.4. The van der Waals surface area contributed by atoms with Crippen LogP contribution >= 0.6 is 0 Å². The third-order valence-corrected chi connectivity index (χ3v) is 7.41. The first kappa shape index (κ1) is 19.1. The van der Waals surface area contributed by atoms with Crippen molar-refractivity contribution in [2.45, 2.75) is 102 Å². The smallest absolute Gasteiger partial charge is 0.185 e. The Labute approximate surface area is 153 Å². The van der Waals surface area contributed by atoms with Crippen molar-refractivity contribution in [2.75, 3.05) is 0 Å². The van der Waals surface area contributed by atoms with Gasteiger partial charge in [0.05, 0.1) is 0 Å². The van der Waals surface area contributed by atoms with Gasteiger partial charge >= 0.3 is 0 Å². The summed E-state index contributed by atoms with van der Waals surface area (Å²) >= 11 is 0. The quantitative estimate of drug-likeness (QED) is 0.428. The number of hydrogen-bond donors (Lipinski definition) is 0. The molecule has 0 aliphatic heterocycles. The fourth-order valence-corrected chi connectivity index (χ4v) is 5.78. The van der Waals surface area contributed by atoms with Gasteiger partial charge in [0.2, 0.25) is 0 Å². The lowest BCUT2D eigenvalue weighted by Crippen LogP contribution is -2.46. The van der Waals surface area contributed by atoms with Gasteiger partial charge in [-0.15, -0.1) is 0 Å². The fraction of sp³-hybridized carbons (Fsp3) is 0.826. The van der Waals surface area contributed by atoms with Crippen LogP contribution in [0.2, 0.25) is 0 Å². The van der Waals surface area contributed by atoms with Crippen LogP contribution in [0.5, 0.6) is 0 Å². The van der Waals surface area contributed by atoms with Crippen LogP contribution in [0.4, 0.5) is 8.78 Å². The lowest BCUT2D eigenvalue weighted by Gasteiger charge is -2.47. The maximum atomic E-state index is 15.9. The van der Waals surface area contributed by atoms with Gasteiger partial charge in [0.1, 0.15) is 5.83 Å². The molecule has 0 aromatic carbocycles. The van der Waals surface area contributed by atoms with Gasteiger partial charge in [-0.1, -0.05) is 70.8 Å². The molecule has 0 spiro atoms. The number of alkyl halides is 1. The van der Waals surface area contributed by atoms with Gasteiger partial charge in [-0.3, -0.25) is 0 Å². The van der Waals surface area contributed by atoms with Gasteiger partial charge in [-0.25, -0.2) is 8.78 Å². The molecule has 0 radical (unpaired) electrons. The second-order valence-corrected chi connectivity index (χ2v) is 8.96.